The second-order valence-corrected chi connectivity index (χ2v) is 6.10. The van der Waals surface area contributed by atoms with Gasteiger partial charge in [0.1, 0.15) is 0 Å². The third kappa shape index (κ3) is 5.45. The van der Waals surface area contributed by atoms with Gasteiger partial charge >= 0.3 is 6.18 Å². The Labute approximate surface area is 143 Å². The fourth-order valence-corrected chi connectivity index (χ4v) is 2.71. The Morgan fingerprint density at radius 2 is 1.84 bits per heavy atom. The predicted octanol–water partition coefficient (Wildman–Crippen LogP) is 4.07. The van der Waals surface area contributed by atoms with Crippen LogP contribution in [0.5, 0.6) is 0 Å². The van der Waals surface area contributed by atoms with Gasteiger partial charge in [0.15, 0.2) is 5.82 Å². The Hall–Kier alpha value is -2.09. The van der Waals surface area contributed by atoms with Crippen LogP contribution in [0.15, 0.2) is 28.8 Å². The first-order valence-electron chi connectivity index (χ1n) is 8.29. The Kier molecular flexibility index (Phi) is 5.57. The number of nitrogens with zero attached hydrogens (tertiary/aromatic N) is 2. The van der Waals surface area contributed by atoms with Crippen molar-refractivity contribution in [1.82, 2.24) is 10.1 Å². The Morgan fingerprint density at radius 1 is 1.12 bits per heavy atom. The molecule has 1 aromatic heterocycles. The molecule has 1 aromatic carbocycles. The van der Waals surface area contributed by atoms with Gasteiger partial charge in [-0.2, -0.15) is 18.2 Å². The Balaban J connectivity index is 1.49. The van der Waals surface area contributed by atoms with E-state index in [1.807, 2.05) is 0 Å². The summed E-state index contributed by atoms with van der Waals surface area (Å²) in [4.78, 5) is 4.40. The number of alkyl halides is 3. The van der Waals surface area contributed by atoms with Crippen molar-refractivity contribution in [2.45, 2.75) is 44.3 Å². The highest BCUT2D eigenvalue weighted by atomic mass is 19.4. The molecule has 0 amide bonds. The lowest BCUT2D eigenvalue weighted by Gasteiger charge is -2.17. The molecule has 1 saturated heterocycles. The highest BCUT2D eigenvalue weighted by molar-refractivity contribution is 5.44. The van der Waals surface area contributed by atoms with Gasteiger partial charge < -0.3 is 14.6 Å². The molecule has 5 nitrogen and oxygen atoms in total. The number of ether oxygens (including phenoxy) is 1. The Morgan fingerprint density at radius 3 is 2.52 bits per heavy atom. The van der Waals surface area contributed by atoms with Gasteiger partial charge in [-0.25, -0.2) is 0 Å². The monoisotopic (exact) mass is 355 g/mol. The van der Waals surface area contributed by atoms with Gasteiger partial charge in [0.05, 0.1) is 6.54 Å². The molecule has 0 atom stereocenters. The van der Waals surface area contributed by atoms with Crippen LogP contribution < -0.4 is 5.32 Å². The maximum Gasteiger partial charge on any atom is 0.389 e. The maximum absolute atomic E-state index is 12.2. The van der Waals surface area contributed by atoms with Gasteiger partial charge in [0.25, 0.3) is 0 Å². The van der Waals surface area contributed by atoms with E-state index >= 15 is 0 Å². The van der Waals surface area contributed by atoms with Crippen molar-refractivity contribution in [3.63, 3.8) is 0 Å². The summed E-state index contributed by atoms with van der Waals surface area (Å²) in [5.74, 6) is 1.45. The van der Waals surface area contributed by atoms with Gasteiger partial charge in [0.2, 0.25) is 5.89 Å². The molecule has 0 aliphatic carbocycles. The number of halogens is 3. The van der Waals surface area contributed by atoms with Crippen LogP contribution in [0.4, 0.5) is 18.9 Å². The average molecular weight is 355 g/mol. The summed E-state index contributed by atoms with van der Waals surface area (Å²) in [6.07, 6.45) is -3.18. The number of aromatic nitrogens is 2. The van der Waals surface area contributed by atoms with E-state index in [1.54, 1.807) is 24.3 Å². The maximum atomic E-state index is 12.2. The quantitative estimate of drug-likeness (QED) is 0.846. The van der Waals surface area contributed by atoms with E-state index < -0.39 is 12.6 Å². The minimum atomic E-state index is -4.13. The summed E-state index contributed by atoms with van der Waals surface area (Å²) in [5, 5.41) is 7.11. The van der Waals surface area contributed by atoms with Crippen molar-refractivity contribution in [2.24, 2.45) is 0 Å². The molecule has 25 heavy (non-hydrogen) atoms. The fraction of sp³-hybridized carbons (Fsp3) is 0.529. The van der Waals surface area contributed by atoms with Crippen LogP contribution in [0.3, 0.4) is 0 Å². The number of anilines is 1. The molecule has 1 aliphatic rings. The molecular weight excluding hydrogens is 335 g/mol. The van der Waals surface area contributed by atoms with Crippen LogP contribution >= 0.6 is 0 Å². The summed E-state index contributed by atoms with van der Waals surface area (Å²) in [6.45, 7) is 1.82. The second-order valence-electron chi connectivity index (χ2n) is 6.10. The summed E-state index contributed by atoms with van der Waals surface area (Å²) in [5.41, 5.74) is 1.46. The summed E-state index contributed by atoms with van der Waals surface area (Å²) in [6, 6.07) is 6.89. The first-order valence-corrected chi connectivity index (χ1v) is 8.29. The predicted molar refractivity (Wildman–Crippen MR) is 85.2 cm³/mol. The average Bonchev–Trinajstić information content (AvgIpc) is 3.08. The smallest absolute Gasteiger partial charge is 0.381 e. The van der Waals surface area contributed by atoms with Crippen LogP contribution in [0.25, 0.3) is 0 Å². The third-order valence-electron chi connectivity index (χ3n) is 4.16. The SMILES string of the molecule is FC(F)(F)CCc1ccc(NCc2noc(C3CCOCC3)n2)cc1. The molecule has 8 heteroatoms. The molecule has 136 valence electrons. The Bertz CT molecular complexity index is 665. The summed E-state index contributed by atoms with van der Waals surface area (Å²) >= 11 is 0. The molecule has 1 fully saturated rings. The van der Waals surface area contributed by atoms with E-state index in [1.165, 1.54) is 0 Å². The number of benzene rings is 1. The molecule has 0 unspecified atom stereocenters. The van der Waals surface area contributed by atoms with E-state index in [9.17, 15) is 13.2 Å². The normalized spacial score (nSPS) is 16.1. The highest BCUT2D eigenvalue weighted by Crippen LogP contribution is 2.25. The zero-order valence-electron chi connectivity index (χ0n) is 13.7. The standard InChI is InChI=1S/C17H20F3N3O2/c18-17(19,20)8-5-12-1-3-14(4-2-12)21-11-15-22-16(25-23-15)13-6-9-24-10-7-13/h1-4,13,21H,5-11H2. The third-order valence-corrected chi connectivity index (χ3v) is 4.16. The van der Waals surface area contributed by atoms with Crippen LogP contribution in [0, 0.1) is 0 Å². The number of hydrogen-bond acceptors (Lipinski definition) is 5. The number of hydrogen-bond donors (Lipinski definition) is 1. The van der Waals surface area contributed by atoms with Crippen LogP contribution in [-0.4, -0.2) is 29.5 Å². The van der Waals surface area contributed by atoms with E-state index in [0.29, 0.717) is 37.0 Å². The zero-order chi connectivity index (χ0) is 17.7. The topological polar surface area (TPSA) is 60.2 Å². The first-order chi connectivity index (χ1) is 12.0. The van der Waals surface area contributed by atoms with E-state index in [-0.39, 0.29) is 12.3 Å². The van der Waals surface area contributed by atoms with Crippen molar-refractivity contribution in [2.75, 3.05) is 18.5 Å². The van der Waals surface area contributed by atoms with Crippen molar-refractivity contribution >= 4 is 5.69 Å². The molecule has 0 saturated carbocycles. The molecule has 2 aromatic rings. The minimum absolute atomic E-state index is 0.0108. The largest absolute Gasteiger partial charge is 0.389 e. The van der Waals surface area contributed by atoms with Gasteiger partial charge in [-0.3, -0.25) is 0 Å². The highest BCUT2D eigenvalue weighted by Gasteiger charge is 2.26. The first kappa shape index (κ1) is 17.7. The lowest BCUT2D eigenvalue weighted by molar-refractivity contribution is -0.133. The van der Waals surface area contributed by atoms with Gasteiger partial charge in [-0.05, 0) is 37.0 Å². The van der Waals surface area contributed by atoms with Gasteiger partial charge in [-0.1, -0.05) is 17.3 Å². The molecular formula is C17H20F3N3O2. The number of rotatable bonds is 6. The van der Waals surface area contributed by atoms with Crippen molar-refractivity contribution in [1.29, 1.82) is 0 Å². The zero-order valence-corrected chi connectivity index (χ0v) is 13.7. The van der Waals surface area contributed by atoms with Crippen molar-refractivity contribution in [3.05, 3.63) is 41.5 Å². The minimum Gasteiger partial charge on any atom is -0.381 e. The van der Waals surface area contributed by atoms with Crippen LogP contribution in [-0.2, 0) is 17.7 Å². The summed E-state index contributed by atoms with van der Waals surface area (Å²) in [7, 11) is 0. The number of nitrogens with one attached hydrogen (secondary N) is 1. The molecule has 3 rings (SSSR count). The lowest BCUT2D eigenvalue weighted by atomic mass is 10.0. The fourth-order valence-electron chi connectivity index (χ4n) is 2.71. The van der Waals surface area contributed by atoms with Crippen molar-refractivity contribution in [3.8, 4) is 0 Å². The summed E-state index contributed by atoms with van der Waals surface area (Å²) < 4.78 is 47.3. The molecule has 0 spiro atoms. The molecule has 2 heterocycles. The van der Waals surface area contributed by atoms with Crippen LogP contribution in [0.1, 0.15) is 42.5 Å². The lowest BCUT2D eigenvalue weighted by Crippen LogP contribution is -2.14. The van der Waals surface area contributed by atoms with Crippen molar-refractivity contribution < 1.29 is 22.4 Å². The molecule has 0 radical (unpaired) electrons. The van der Waals surface area contributed by atoms with Crippen LogP contribution in [0.2, 0.25) is 0 Å². The van der Waals surface area contributed by atoms with E-state index in [2.05, 4.69) is 15.5 Å². The van der Waals surface area contributed by atoms with Gasteiger partial charge in [0, 0.05) is 31.2 Å². The molecule has 1 N–H and O–H groups in total. The number of aryl methyl sites for hydroxylation is 1. The second kappa shape index (κ2) is 7.86. The molecule has 1 aliphatic heterocycles. The van der Waals surface area contributed by atoms with Gasteiger partial charge in [-0.15, -0.1) is 0 Å². The van der Waals surface area contributed by atoms with E-state index in [0.717, 1.165) is 18.5 Å². The molecule has 0 bridgehead atoms. The van der Waals surface area contributed by atoms with E-state index in [4.69, 9.17) is 9.26 Å².